The summed E-state index contributed by atoms with van der Waals surface area (Å²) in [7, 11) is 0. The second-order valence-corrected chi connectivity index (χ2v) is 1.84. The molecule has 0 bridgehead atoms. The average Bonchev–Trinajstić information content (AvgIpc) is 1.91. The molecule has 6 heteroatoms. The summed E-state index contributed by atoms with van der Waals surface area (Å²) in [6.45, 7) is 0. The van der Waals surface area contributed by atoms with Gasteiger partial charge in [0.2, 0.25) is 0 Å². The number of aromatic nitrogens is 1. The van der Waals surface area contributed by atoms with Crippen LogP contribution in [-0.4, -0.2) is 11.3 Å². The SMILES string of the molecule is Fc1ncccc1OC(F)(F)F. The summed E-state index contributed by atoms with van der Waals surface area (Å²) in [5.41, 5.74) is 0. The molecule has 1 aromatic rings. The van der Waals surface area contributed by atoms with E-state index in [-0.39, 0.29) is 0 Å². The van der Waals surface area contributed by atoms with E-state index in [1.807, 2.05) is 0 Å². The van der Waals surface area contributed by atoms with Crippen molar-refractivity contribution in [2.75, 3.05) is 0 Å². The molecule has 0 N–H and O–H groups in total. The smallest absolute Gasteiger partial charge is 0.401 e. The zero-order valence-electron chi connectivity index (χ0n) is 5.60. The van der Waals surface area contributed by atoms with Crippen molar-refractivity contribution in [1.29, 1.82) is 0 Å². The van der Waals surface area contributed by atoms with Gasteiger partial charge < -0.3 is 4.74 Å². The number of hydrogen-bond acceptors (Lipinski definition) is 2. The Morgan fingerprint density at radius 3 is 2.50 bits per heavy atom. The molecule has 0 radical (unpaired) electrons. The van der Waals surface area contributed by atoms with Crippen molar-refractivity contribution in [3.05, 3.63) is 24.3 Å². The molecule has 0 spiro atoms. The highest BCUT2D eigenvalue weighted by molar-refractivity contribution is 5.17. The van der Waals surface area contributed by atoms with E-state index in [4.69, 9.17) is 0 Å². The molecule has 1 heterocycles. The summed E-state index contributed by atoms with van der Waals surface area (Å²) in [6, 6.07) is 1.99. The van der Waals surface area contributed by atoms with Crippen LogP contribution in [0.5, 0.6) is 5.75 Å². The summed E-state index contributed by atoms with van der Waals surface area (Å²) in [5.74, 6) is -2.21. The van der Waals surface area contributed by atoms with Gasteiger partial charge in [0.1, 0.15) is 0 Å². The standard InChI is InChI=1S/C6H3F4NO/c7-5-4(2-1-3-11-5)12-6(8,9)10/h1-3H. The Balaban J connectivity index is 2.83. The molecule has 0 unspecified atom stereocenters. The maximum Gasteiger partial charge on any atom is 0.573 e. The Bertz CT molecular complexity index is 272. The lowest BCUT2D eigenvalue weighted by Gasteiger charge is -2.07. The number of nitrogens with zero attached hydrogens (tertiary/aromatic N) is 1. The third-order valence-corrected chi connectivity index (χ3v) is 0.951. The van der Waals surface area contributed by atoms with Crippen LogP contribution >= 0.6 is 0 Å². The van der Waals surface area contributed by atoms with Crippen LogP contribution in [-0.2, 0) is 0 Å². The highest BCUT2D eigenvalue weighted by Gasteiger charge is 2.32. The molecule has 0 saturated heterocycles. The van der Waals surface area contributed by atoms with Crippen molar-refractivity contribution in [3.8, 4) is 5.75 Å². The van der Waals surface area contributed by atoms with Gasteiger partial charge in [-0.05, 0) is 12.1 Å². The summed E-state index contributed by atoms with van der Waals surface area (Å²) < 4.78 is 50.2. The van der Waals surface area contributed by atoms with Crippen molar-refractivity contribution >= 4 is 0 Å². The monoisotopic (exact) mass is 181 g/mol. The largest absolute Gasteiger partial charge is 0.573 e. The molecule has 2 nitrogen and oxygen atoms in total. The normalized spacial score (nSPS) is 11.3. The predicted molar refractivity (Wildman–Crippen MR) is 30.9 cm³/mol. The van der Waals surface area contributed by atoms with E-state index in [0.717, 1.165) is 18.3 Å². The van der Waals surface area contributed by atoms with E-state index in [9.17, 15) is 17.6 Å². The lowest BCUT2D eigenvalue weighted by atomic mass is 10.4. The molecule has 0 aromatic carbocycles. The number of rotatable bonds is 1. The van der Waals surface area contributed by atoms with Gasteiger partial charge in [0, 0.05) is 6.20 Å². The average molecular weight is 181 g/mol. The van der Waals surface area contributed by atoms with E-state index in [1.165, 1.54) is 0 Å². The number of halogens is 4. The van der Waals surface area contributed by atoms with Gasteiger partial charge in [0.25, 0.3) is 5.95 Å². The minimum atomic E-state index is -4.89. The molecular weight excluding hydrogens is 178 g/mol. The Hall–Kier alpha value is -1.33. The first-order valence-corrected chi connectivity index (χ1v) is 2.85. The van der Waals surface area contributed by atoms with E-state index in [2.05, 4.69) is 9.72 Å². The molecule has 1 aromatic heterocycles. The maximum absolute atomic E-state index is 12.4. The van der Waals surface area contributed by atoms with Crippen molar-refractivity contribution in [2.24, 2.45) is 0 Å². The van der Waals surface area contributed by atoms with Crippen LogP contribution in [0.4, 0.5) is 17.6 Å². The predicted octanol–water partition coefficient (Wildman–Crippen LogP) is 2.12. The Kier molecular flexibility index (Phi) is 2.16. The molecule has 12 heavy (non-hydrogen) atoms. The van der Waals surface area contributed by atoms with Crippen molar-refractivity contribution in [2.45, 2.75) is 6.36 Å². The van der Waals surface area contributed by atoms with Crippen LogP contribution in [0.15, 0.2) is 18.3 Å². The van der Waals surface area contributed by atoms with Gasteiger partial charge in [-0.25, -0.2) is 4.98 Å². The first kappa shape index (κ1) is 8.76. The lowest BCUT2D eigenvalue weighted by Crippen LogP contribution is -2.18. The number of ether oxygens (including phenoxy) is 1. The number of alkyl halides is 3. The molecule has 0 atom stereocenters. The van der Waals surface area contributed by atoms with E-state index in [0.29, 0.717) is 0 Å². The second-order valence-electron chi connectivity index (χ2n) is 1.84. The summed E-state index contributed by atoms with van der Waals surface area (Å²) >= 11 is 0. The van der Waals surface area contributed by atoms with Crippen LogP contribution in [0.25, 0.3) is 0 Å². The van der Waals surface area contributed by atoms with Gasteiger partial charge in [0.15, 0.2) is 5.75 Å². The van der Waals surface area contributed by atoms with Gasteiger partial charge in [-0.1, -0.05) is 0 Å². The molecule has 0 aliphatic rings. The van der Waals surface area contributed by atoms with E-state index in [1.54, 1.807) is 0 Å². The van der Waals surface area contributed by atoms with E-state index >= 15 is 0 Å². The fourth-order valence-corrected chi connectivity index (χ4v) is 0.572. The molecule has 0 aliphatic carbocycles. The van der Waals surface area contributed by atoms with Crippen LogP contribution in [0, 0.1) is 5.95 Å². The van der Waals surface area contributed by atoms with Crippen molar-refractivity contribution in [3.63, 3.8) is 0 Å². The minimum Gasteiger partial charge on any atom is -0.401 e. The molecule has 66 valence electrons. The van der Waals surface area contributed by atoms with Crippen LogP contribution in [0.2, 0.25) is 0 Å². The van der Waals surface area contributed by atoms with Gasteiger partial charge in [-0.15, -0.1) is 13.2 Å². The molecule has 1 rings (SSSR count). The summed E-state index contributed by atoms with van der Waals surface area (Å²) in [5, 5.41) is 0. The second kappa shape index (κ2) is 2.96. The van der Waals surface area contributed by atoms with Gasteiger partial charge in [0.05, 0.1) is 0 Å². The molecular formula is C6H3F4NO. The lowest BCUT2D eigenvalue weighted by molar-refractivity contribution is -0.275. The minimum absolute atomic E-state index is 0.843. The van der Waals surface area contributed by atoms with Gasteiger partial charge >= 0.3 is 6.36 Å². The zero-order chi connectivity index (χ0) is 9.19. The number of hydrogen-bond donors (Lipinski definition) is 0. The van der Waals surface area contributed by atoms with Crippen LogP contribution in [0.1, 0.15) is 0 Å². The molecule has 0 saturated carbocycles. The molecule has 0 fully saturated rings. The van der Waals surface area contributed by atoms with Crippen molar-refractivity contribution in [1.82, 2.24) is 4.98 Å². The van der Waals surface area contributed by atoms with Gasteiger partial charge in [-0.3, -0.25) is 0 Å². The van der Waals surface area contributed by atoms with Gasteiger partial charge in [-0.2, -0.15) is 4.39 Å². The summed E-state index contributed by atoms with van der Waals surface area (Å²) in [4.78, 5) is 2.97. The maximum atomic E-state index is 12.4. The molecule has 0 amide bonds. The Labute approximate surface area is 64.8 Å². The van der Waals surface area contributed by atoms with E-state index < -0.39 is 18.1 Å². The van der Waals surface area contributed by atoms with Crippen LogP contribution < -0.4 is 4.74 Å². The number of pyridine rings is 1. The summed E-state index contributed by atoms with van der Waals surface area (Å²) in [6.07, 6.45) is -3.86. The topological polar surface area (TPSA) is 22.1 Å². The fourth-order valence-electron chi connectivity index (χ4n) is 0.572. The zero-order valence-corrected chi connectivity index (χ0v) is 5.60. The third kappa shape index (κ3) is 2.37. The highest BCUT2D eigenvalue weighted by Crippen LogP contribution is 2.23. The first-order chi connectivity index (χ1) is 5.49. The third-order valence-electron chi connectivity index (χ3n) is 0.951. The molecule has 0 aliphatic heterocycles. The first-order valence-electron chi connectivity index (χ1n) is 2.85. The highest BCUT2D eigenvalue weighted by atomic mass is 19.4. The Morgan fingerprint density at radius 2 is 2.00 bits per heavy atom. The van der Waals surface area contributed by atoms with Crippen molar-refractivity contribution < 1.29 is 22.3 Å². The van der Waals surface area contributed by atoms with Crippen LogP contribution in [0.3, 0.4) is 0 Å². The fraction of sp³-hybridized carbons (Fsp3) is 0.167. The quantitative estimate of drug-likeness (QED) is 0.489. The Morgan fingerprint density at radius 1 is 1.33 bits per heavy atom.